The zero-order valence-electron chi connectivity index (χ0n) is 13.4. The SMILES string of the molecule is CCCNC(=O)c1cc(C(=O)Nc2ccccc2CC)ccn1. The Bertz CT molecular complexity index is 698. The number of pyridine rings is 1. The number of rotatable bonds is 6. The van der Waals surface area contributed by atoms with Gasteiger partial charge in [-0.2, -0.15) is 0 Å². The Kier molecular flexibility index (Phi) is 5.86. The molecule has 2 amide bonds. The summed E-state index contributed by atoms with van der Waals surface area (Å²) in [6.07, 6.45) is 3.15. The van der Waals surface area contributed by atoms with Crippen molar-refractivity contribution in [3.63, 3.8) is 0 Å². The molecule has 0 aliphatic rings. The van der Waals surface area contributed by atoms with Crippen molar-refractivity contribution in [3.05, 3.63) is 59.4 Å². The number of hydrogen-bond acceptors (Lipinski definition) is 3. The summed E-state index contributed by atoms with van der Waals surface area (Å²) < 4.78 is 0. The summed E-state index contributed by atoms with van der Waals surface area (Å²) in [7, 11) is 0. The van der Waals surface area contributed by atoms with Gasteiger partial charge in [-0.15, -0.1) is 0 Å². The first-order chi connectivity index (χ1) is 11.2. The van der Waals surface area contributed by atoms with Gasteiger partial charge in [0, 0.05) is 24.0 Å². The van der Waals surface area contributed by atoms with Gasteiger partial charge in [0.1, 0.15) is 5.69 Å². The monoisotopic (exact) mass is 311 g/mol. The average Bonchev–Trinajstić information content (AvgIpc) is 2.60. The summed E-state index contributed by atoms with van der Waals surface area (Å²) in [6, 6.07) is 10.8. The van der Waals surface area contributed by atoms with Crippen LogP contribution in [0.5, 0.6) is 0 Å². The van der Waals surface area contributed by atoms with Crippen LogP contribution in [0.2, 0.25) is 0 Å². The van der Waals surface area contributed by atoms with Crippen LogP contribution in [-0.2, 0) is 6.42 Å². The normalized spacial score (nSPS) is 10.2. The second-order valence-electron chi connectivity index (χ2n) is 5.15. The molecule has 1 aromatic carbocycles. The molecule has 0 saturated carbocycles. The number of anilines is 1. The number of para-hydroxylation sites is 1. The van der Waals surface area contributed by atoms with Gasteiger partial charge < -0.3 is 10.6 Å². The quantitative estimate of drug-likeness (QED) is 0.861. The van der Waals surface area contributed by atoms with Gasteiger partial charge in [0.25, 0.3) is 11.8 Å². The van der Waals surface area contributed by atoms with Gasteiger partial charge in [-0.3, -0.25) is 14.6 Å². The number of amides is 2. The molecule has 0 radical (unpaired) electrons. The van der Waals surface area contributed by atoms with E-state index in [1.165, 1.54) is 12.3 Å². The number of carbonyl (C=O) groups is 2. The summed E-state index contributed by atoms with van der Waals surface area (Å²) >= 11 is 0. The van der Waals surface area contributed by atoms with E-state index >= 15 is 0 Å². The lowest BCUT2D eigenvalue weighted by Crippen LogP contribution is -2.25. The van der Waals surface area contributed by atoms with Crippen LogP contribution < -0.4 is 10.6 Å². The van der Waals surface area contributed by atoms with E-state index in [-0.39, 0.29) is 17.5 Å². The summed E-state index contributed by atoms with van der Waals surface area (Å²) in [5.41, 5.74) is 2.51. The zero-order valence-corrected chi connectivity index (χ0v) is 13.4. The van der Waals surface area contributed by atoms with Crippen LogP contribution in [0.25, 0.3) is 0 Å². The molecule has 2 N–H and O–H groups in total. The second kappa shape index (κ2) is 8.08. The van der Waals surface area contributed by atoms with Crippen molar-refractivity contribution in [2.75, 3.05) is 11.9 Å². The molecule has 1 aromatic heterocycles. The molecule has 2 aromatic rings. The fourth-order valence-electron chi connectivity index (χ4n) is 2.17. The van der Waals surface area contributed by atoms with Gasteiger partial charge in [0.05, 0.1) is 0 Å². The number of carbonyl (C=O) groups excluding carboxylic acids is 2. The molecule has 0 bridgehead atoms. The molecule has 0 unspecified atom stereocenters. The lowest BCUT2D eigenvalue weighted by molar-refractivity contribution is 0.0948. The third-order valence-electron chi connectivity index (χ3n) is 3.44. The third-order valence-corrected chi connectivity index (χ3v) is 3.44. The summed E-state index contributed by atoms with van der Waals surface area (Å²) in [4.78, 5) is 28.4. The standard InChI is InChI=1S/C18H21N3O2/c1-3-10-20-18(23)16-12-14(9-11-19-16)17(22)21-15-8-6-5-7-13(15)4-2/h5-9,11-12H,3-4,10H2,1-2H3,(H,20,23)(H,21,22). The largest absolute Gasteiger partial charge is 0.351 e. The maximum absolute atomic E-state index is 12.4. The van der Waals surface area contributed by atoms with Gasteiger partial charge in [-0.25, -0.2) is 0 Å². The Morgan fingerprint density at radius 2 is 1.87 bits per heavy atom. The Hall–Kier alpha value is -2.69. The van der Waals surface area contributed by atoms with Crippen LogP contribution in [-0.4, -0.2) is 23.3 Å². The molecule has 120 valence electrons. The summed E-state index contributed by atoms with van der Waals surface area (Å²) in [5, 5.41) is 5.64. The minimum absolute atomic E-state index is 0.245. The molecule has 0 atom stereocenters. The van der Waals surface area contributed by atoms with Gasteiger partial charge in [-0.1, -0.05) is 32.0 Å². The molecule has 0 fully saturated rings. The van der Waals surface area contributed by atoms with Crippen LogP contribution in [0.1, 0.15) is 46.7 Å². The average molecular weight is 311 g/mol. The first-order valence-electron chi connectivity index (χ1n) is 7.79. The molecule has 0 saturated heterocycles. The van der Waals surface area contributed by atoms with E-state index in [4.69, 9.17) is 0 Å². The topological polar surface area (TPSA) is 71.1 Å². The highest BCUT2D eigenvalue weighted by atomic mass is 16.2. The smallest absolute Gasteiger partial charge is 0.269 e. The maximum Gasteiger partial charge on any atom is 0.269 e. The van der Waals surface area contributed by atoms with Crippen molar-refractivity contribution in [2.45, 2.75) is 26.7 Å². The van der Waals surface area contributed by atoms with E-state index in [1.807, 2.05) is 38.1 Å². The van der Waals surface area contributed by atoms with Gasteiger partial charge in [0.2, 0.25) is 0 Å². The fraction of sp³-hybridized carbons (Fsp3) is 0.278. The van der Waals surface area contributed by atoms with E-state index in [2.05, 4.69) is 15.6 Å². The Morgan fingerprint density at radius 3 is 2.61 bits per heavy atom. The van der Waals surface area contributed by atoms with E-state index in [9.17, 15) is 9.59 Å². The number of nitrogens with zero attached hydrogens (tertiary/aromatic N) is 1. The highest BCUT2D eigenvalue weighted by Gasteiger charge is 2.12. The first kappa shape index (κ1) is 16.7. The Labute approximate surface area is 136 Å². The fourth-order valence-corrected chi connectivity index (χ4v) is 2.17. The molecule has 0 spiro atoms. The van der Waals surface area contributed by atoms with Crippen molar-refractivity contribution in [3.8, 4) is 0 Å². The summed E-state index contributed by atoms with van der Waals surface area (Å²) in [6.45, 7) is 4.59. The van der Waals surface area contributed by atoms with Gasteiger partial charge >= 0.3 is 0 Å². The number of nitrogens with one attached hydrogen (secondary N) is 2. The van der Waals surface area contributed by atoms with Gasteiger partial charge in [-0.05, 0) is 36.6 Å². The van der Waals surface area contributed by atoms with Crippen LogP contribution in [0.4, 0.5) is 5.69 Å². The molecule has 5 heteroatoms. The van der Waals surface area contributed by atoms with Crippen molar-refractivity contribution < 1.29 is 9.59 Å². The third kappa shape index (κ3) is 4.39. The molecule has 23 heavy (non-hydrogen) atoms. The van der Waals surface area contributed by atoms with Crippen molar-refractivity contribution in [2.24, 2.45) is 0 Å². The minimum atomic E-state index is -0.268. The maximum atomic E-state index is 12.4. The molecule has 5 nitrogen and oxygen atoms in total. The predicted octanol–water partition coefficient (Wildman–Crippen LogP) is 3.04. The van der Waals surface area contributed by atoms with E-state index in [0.29, 0.717) is 12.1 Å². The summed E-state index contributed by atoms with van der Waals surface area (Å²) in [5.74, 6) is -0.520. The Morgan fingerprint density at radius 1 is 1.09 bits per heavy atom. The van der Waals surface area contributed by atoms with E-state index in [0.717, 1.165) is 24.1 Å². The van der Waals surface area contributed by atoms with Crippen LogP contribution in [0, 0.1) is 0 Å². The number of aromatic nitrogens is 1. The molecule has 2 rings (SSSR count). The van der Waals surface area contributed by atoms with Crippen molar-refractivity contribution in [1.29, 1.82) is 0 Å². The number of hydrogen-bond donors (Lipinski definition) is 2. The number of aryl methyl sites for hydroxylation is 1. The second-order valence-corrected chi connectivity index (χ2v) is 5.15. The molecule has 0 aliphatic heterocycles. The molecule has 1 heterocycles. The Balaban J connectivity index is 2.15. The highest BCUT2D eigenvalue weighted by molar-refractivity contribution is 6.06. The molecular weight excluding hydrogens is 290 g/mol. The van der Waals surface area contributed by atoms with E-state index in [1.54, 1.807) is 6.07 Å². The molecule has 0 aliphatic carbocycles. The minimum Gasteiger partial charge on any atom is -0.351 e. The molecular formula is C18H21N3O2. The number of benzene rings is 1. The van der Waals surface area contributed by atoms with Crippen molar-refractivity contribution in [1.82, 2.24) is 10.3 Å². The van der Waals surface area contributed by atoms with Crippen LogP contribution in [0.15, 0.2) is 42.6 Å². The van der Waals surface area contributed by atoms with Crippen LogP contribution >= 0.6 is 0 Å². The highest BCUT2D eigenvalue weighted by Crippen LogP contribution is 2.16. The zero-order chi connectivity index (χ0) is 16.7. The lowest BCUT2D eigenvalue weighted by Gasteiger charge is -2.10. The van der Waals surface area contributed by atoms with Gasteiger partial charge in [0.15, 0.2) is 0 Å². The van der Waals surface area contributed by atoms with Crippen LogP contribution in [0.3, 0.4) is 0 Å². The first-order valence-corrected chi connectivity index (χ1v) is 7.79. The lowest BCUT2D eigenvalue weighted by atomic mass is 10.1. The van der Waals surface area contributed by atoms with Crippen molar-refractivity contribution >= 4 is 17.5 Å². The predicted molar refractivity (Wildman–Crippen MR) is 90.6 cm³/mol. The van der Waals surface area contributed by atoms with E-state index < -0.39 is 0 Å².